The molecule has 3 rings (SSSR count). The molecule has 2 saturated heterocycles. The number of aliphatic hydroxyl groups is 2. The first-order chi connectivity index (χ1) is 18.9. The average molecular weight is 593 g/mol. The first-order valence-corrected chi connectivity index (χ1v) is 15.5. The monoisotopic (exact) mass is 592 g/mol. The second-order valence-corrected chi connectivity index (χ2v) is 14.5. The Balaban J connectivity index is 1.94. The summed E-state index contributed by atoms with van der Waals surface area (Å²) in [6.45, 7) is 16.1. The highest BCUT2D eigenvalue weighted by Crippen LogP contribution is 2.40. The Kier molecular flexibility index (Phi) is 10.5. The van der Waals surface area contributed by atoms with Crippen LogP contribution in [0, 0.1) is 24.2 Å². The lowest BCUT2D eigenvalue weighted by molar-refractivity contribution is -0.154. The number of nitrogens with zero attached hydrogens (tertiary/aromatic N) is 2. The van der Waals surface area contributed by atoms with E-state index in [0.717, 1.165) is 22.7 Å². The van der Waals surface area contributed by atoms with Gasteiger partial charge in [0.25, 0.3) is 0 Å². The molecule has 2 aliphatic rings. The molecule has 0 saturated carbocycles. The summed E-state index contributed by atoms with van der Waals surface area (Å²) < 4.78 is 11.6. The van der Waals surface area contributed by atoms with E-state index in [0.29, 0.717) is 19.3 Å². The van der Waals surface area contributed by atoms with Crippen molar-refractivity contribution >= 4 is 35.3 Å². The number of thiazole rings is 1. The van der Waals surface area contributed by atoms with Gasteiger partial charge in [0.2, 0.25) is 0 Å². The fraction of sp³-hybridized carbons (Fsp3) is 0.742. The van der Waals surface area contributed by atoms with E-state index in [4.69, 9.17) is 9.47 Å². The van der Waals surface area contributed by atoms with Gasteiger partial charge in [-0.3, -0.25) is 14.5 Å². The van der Waals surface area contributed by atoms with Crippen LogP contribution in [-0.4, -0.2) is 73.9 Å². The Morgan fingerprint density at radius 2 is 1.85 bits per heavy atom. The maximum atomic E-state index is 13.4. The van der Waals surface area contributed by atoms with Gasteiger partial charge in [-0.1, -0.05) is 34.1 Å². The highest BCUT2D eigenvalue weighted by Gasteiger charge is 2.53. The molecule has 1 amide bonds. The van der Waals surface area contributed by atoms with E-state index in [1.807, 2.05) is 53.0 Å². The molecule has 230 valence electrons. The molecule has 1 aromatic heterocycles. The SMILES string of the molecule is CC(=Cc1csc(C)n1)C1C[C@H]2[C@@H](CCC[C@H](C)[C@H](O)[C@@H](C)C(=O)C(C)(C)[C@@H](O)CC(=O)O1)N2C(=O)OC(C)(C)C. The molecule has 1 aromatic rings. The topological polar surface area (TPSA) is 126 Å². The number of cyclic esters (lactones) is 1. The van der Waals surface area contributed by atoms with Crippen molar-refractivity contribution in [3.63, 3.8) is 0 Å². The Bertz CT molecular complexity index is 1140. The number of aryl methyl sites for hydroxylation is 1. The Morgan fingerprint density at radius 3 is 2.44 bits per heavy atom. The summed E-state index contributed by atoms with van der Waals surface area (Å²) in [6, 6.07) is -0.292. The van der Waals surface area contributed by atoms with E-state index in [1.165, 1.54) is 11.3 Å². The van der Waals surface area contributed by atoms with E-state index in [-0.39, 0.29) is 30.2 Å². The van der Waals surface area contributed by atoms with Gasteiger partial charge in [0, 0.05) is 17.7 Å². The third-order valence-electron chi connectivity index (χ3n) is 8.42. The summed E-state index contributed by atoms with van der Waals surface area (Å²) in [5.41, 5.74) is -0.380. The highest BCUT2D eigenvalue weighted by atomic mass is 32.1. The van der Waals surface area contributed by atoms with Crippen molar-refractivity contribution in [2.75, 3.05) is 0 Å². The first kappa shape index (κ1) is 33.2. The van der Waals surface area contributed by atoms with Gasteiger partial charge < -0.3 is 19.7 Å². The molecule has 10 heteroatoms. The normalized spacial score (nSPS) is 32.2. The van der Waals surface area contributed by atoms with Crippen LogP contribution < -0.4 is 0 Å². The fourth-order valence-corrected chi connectivity index (χ4v) is 6.25. The number of aromatic nitrogens is 1. The Morgan fingerprint density at radius 1 is 1.20 bits per heavy atom. The van der Waals surface area contributed by atoms with Crippen LogP contribution in [0.15, 0.2) is 11.0 Å². The third-order valence-corrected chi connectivity index (χ3v) is 9.21. The van der Waals surface area contributed by atoms with Crippen molar-refractivity contribution in [1.82, 2.24) is 9.88 Å². The minimum Gasteiger partial charge on any atom is -0.458 e. The van der Waals surface area contributed by atoms with Crippen LogP contribution in [-0.2, 0) is 19.1 Å². The molecule has 3 heterocycles. The maximum Gasteiger partial charge on any atom is 0.410 e. The molecule has 2 N–H and O–H groups in total. The Labute approximate surface area is 248 Å². The lowest BCUT2D eigenvalue weighted by atomic mass is 9.73. The largest absolute Gasteiger partial charge is 0.458 e. The van der Waals surface area contributed by atoms with Crippen molar-refractivity contribution in [1.29, 1.82) is 0 Å². The minimum absolute atomic E-state index is 0.0961. The smallest absolute Gasteiger partial charge is 0.410 e. The summed E-state index contributed by atoms with van der Waals surface area (Å²) in [6.07, 6.45) is 0.730. The number of ether oxygens (including phenoxy) is 2. The van der Waals surface area contributed by atoms with E-state index >= 15 is 0 Å². The van der Waals surface area contributed by atoms with Crippen LogP contribution >= 0.6 is 11.3 Å². The molecule has 41 heavy (non-hydrogen) atoms. The van der Waals surface area contributed by atoms with Crippen LogP contribution in [0.25, 0.3) is 6.08 Å². The van der Waals surface area contributed by atoms with Gasteiger partial charge in [-0.25, -0.2) is 9.78 Å². The van der Waals surface area contributed by atoms with Crippen LogP contribution in [0.5, 0.6) is 0 Å². The quantitative estimate of drug-likeness (QED) is 0.350. The van der Waals surface area contributed by atoms with Gasteiger partial charge in [0.15, 0.2) is 0 Å². The van der Waals surface area contributed by atoms with Crippen molar-refractivity contribution in [3.05, 3.63) is 21.7 Å². The van der Waals surface area contributed by atoms with Crippen LogP contribution in [0.4, 0.5) is 4.79 Å². The summed E-state index contributed by atoms with van der Waals surface area (Å²) in [4.78, 5) is 45.9. The summed E-state index contributed by atoms with van der Waals surface area (Å²) in [5, 5.41) is 24.8. The van der Waals surface area contributed by atoms with Gasteiger partial charge in [-0.05, 0) is 65.0 Å². The molecule has 0 spiro atoms. The first-order valence-electron chi connectivity index (χ1n) is 14.6. The molecule has 0 bridgehead atoms. The second kappa shape index (κ2) is 12.9. The number of aliphatic hydroxyl groups excluding tert-OH is 2. The van der Waals surface area contributed by atoms with Crippen molar-refractivity contribution in [2.45, 2.75) is 130 Å². The molecule has 0 aliphatic carbocycles. The van der Waals surface area contributed by atoms with E-state index in [2.05, 4.69) is 4.98 Å². The number of carbonyl (C=O) groups excluding carboxylic acids is 3. The summed E-state index contributed by atoms with van der Waals surface area (Å²) in [5.74, 6) is -1.81. The van der Waals surface area contributed by atoms with Gasteiger partial charge in [-0.15, -0.1) is 11.3 Å². The lowest BCUT2D eigenvalue weighted by Crippen LogP contribution is -2.45. The zero-order valence-corrected chi connectivity index (χ0v) is 26.8. The number of rotatable bonds is 2. The number of hydrogen-bond donors (Lipinski definition) is 2. The summed E-state index contributed by atoms with van der Waals surface area (Å²) >= 11 is 1.52. The summed E-state index contributed by atoms with van der Waals surface area (Å²) in [7, 11) is 0. The third kappa shape index (κ3) is 8.38. The molecular formula is C31H48N2O7S. The number of carbonyl (C=O) groups is 3. The van der Waals surface area contributed by atoms with Gasteiger partial charge in [0.05, 0.1) is 46.8 Å². The predicted molar refractivity (Wildman–Crippen MR) is 158 cm³/mol. The van der Waals surface area contributed by atoms with Crippen LogP contribution in [0.1, 0.15) is 98.2 Å². The molecule has 0 aromatic carbocycles. The van der Waals surface area contributed by atoms with Gasteiger partial charge >= 0.3 is 12.1 Å². The average Bonchev–Trinajstić information content (AvgIpc) is 3.39. The Hall–Kier alpha value is -2.30. The van der Waals surface area contributed by atoms with Gasteiger partial charge in [-0.2, -0.15) is 0 Å². The number of esters is 1. The number of amides is 1. The highest BCUT2D eigenvalue weighted by molar-refractivity contribution is 7.09. The molecule has 1 unspecified atom stereocenters. The molecule has 2 fully saturated rings. The molecular weight excluding hydrogens is 544 g/mol. The minimum atomic E-state index is -1.29. The number of ketones is 1. The van der Waals surface area contributed by atoms with Crippen LogP contribution in [0.2, 0.25) is 0 Å². The standard InChI is InChI=1S/C31H48N2O7S/c1-17-11-10-12-22-23(33(22)29(38)40-30(5,6)7)14-24(18(2)13-21-16-41-20(4)32-21)39-26(35)15-25(34)31(8,9)28(37)19(3)27(17)36/h13,16-17,19,22-25,27,34,36H,10-12,14-15H2,1-9H3/t17-,19+,22+,23-,24?,25-,27-,33?/m0/s1. The van der Waals surface area contributed by atoms with Crippen molar-refractivity contribution < 1.29 is 34.1 Å². The molecule has 0 radical (unpaired) electrons. The zero-order chi connectivity index (χ0) is 30.9. The zero-order valence-electron chi connectivity index (χ0n) is 26.0. The molecule has 2 aliphatic heterocycles. The number of fused-ring (bicyclic) bond motifs is 1. The van der Waals surface area contributed by atoms with Gasteiger partial charge in [0.1, 0.15) is 17.5 Å². The number of hydrogen-bond acceptors (Lipinski definition) is 9. The van der Waals surface area contributed by atoms with E-state index in [9.17, 15) is 24.6 Å². The maximum absolute atomic E-state index is 13.4. The molecule has 9 nitrogen and oxygen atoms in total. The molecule has 7 atom stereocenters. The van der Waals surface area contributed by atoms with Crippen molar-refractivity contribution in [3.8, 4) is 0 Å². The predicted octanol–water partition coefficient (Wildman–Crippen LogP) is 5.31. The van der Waals surface area contributed by atoms with Crippen molar-refractivity contribution in [2.24, 2.45) is 17.3 Å². The fourth-order valence-electron chi connectivity index (χ4n) is 5.68. The van der Waals surface area contributed by atoms with E-state index in [1.54, 1.807) is 25.7 Å². The number of Topliss-reactive ketones (excluding diaryl/α,β-unsaturated/α-hetero) is 1. The lowest BCUT2D eigenvalue weighted by Gasteiger charge is -2.34. The second-order valence-electron chi connectivity index (χ2n) is 13.4. The van der Waals surface area contributed by atoms with E-state index < -0.39 is 47.3 Å². The van der Waals surface area contributed by atoms with Crippen LogP contribution in [0.3, 0.4) is 0 Å².